The first kappa shape index (κ1) is 11.6. The van der Waals surface area contributed by atoms with Crippen molar-refractivity contribution in [2.45, 2.75) is 6.04 Å². The molecule has 1 nitrogen and oxygen atoms in total. The topological polar surface area (TPSA) is 12.0 Å². The molecule has 2 aromatic heterocycles. The molecule has 0 aliphatic rings. The van der Waals surface area contributed by atoms with Gasteiger partial charge in [0.1, 0.15) is 0 Å². The maximum atomic E-state index is 6.13. The maximum Gasteiger partial charge on any atom is 0.0701 e. The van der Waals surface area contributed by atoms with Gasteiger partial charge in [-0.05, 0) is 51.4 Å². The maximum absolute atomic E-state index is 6.13. The van der Waals surface area contributed by atoms with Gasteiger partial charge in [0.15, 0.2) is 0 Å². The number of thiophene rings is 2. The lowest BCUT2D eigenvalue weighted by Gasteiger charge is -2.13. The average Bonchev–Trinajstić information content (AvgIpc) is 2.79. The Bertz CT molecular complexity index is 452. The molecule has 0 aliphatic carbocycles. The van der Waals surface area contributed by atoms with Gasteiger partial charge in [0.2, 0.25) is 0 Å². The summed E-state index contributed by atoms with van der Waals surface area (Å²) in [5, 5.41) is 8.28. The molecule has 15 heavy (non-hydrogen) atoms. The highest BCUT2D eigenvalue weighted by Crippen LogP contribution is 2.35. The fourth-order valence-corrected chi connectivity index (χ4v) is 3.94. The smallest absolute Gasteiger partial charge is 0.0701 e. The lowest BCUT2D eigenvalue weighted by Crippen LogP contribution is -2.15. The lowest BCUT2D eigenvalue weighted by atomic mass is 10.1. The van der Waals surface area contributed by atoms with E-state index in [9.17, 15) is 0 Å². The van der Waals surface area contributed by atoms with E-state index in [0.717, 1.165) is 8.81 Å². The van der Waals surface area contributed by atoms with Crippen molar-refractivity contribution in [1.29, 1.82) is 0 Å². The Morgan fingerprint density at radius 3 is 2.73 bits per heavy atom. The van der Waals surface area contributed by atoms with Gasteiger partial charge in [0.25, 0.3) is 0 Å². The summed E-state index contributed by atoms with van der Waals surface area (Å²) in [6, 6.07) is 4.26. The van der Waals surface area contributed by atoms with Gasteiger partial charge in [-0.15, -0.1) is 22.7 Å². The summed E-state index contributed by atoms with van der Waals surface area (Å²) in [6.45, 7) is 0. The highest BCUT2D eigenvalue weighted by molar-refractivity contribution is 9.11. The first-order valence-electron chi connectivity index (χ1n) is 4.36. The molecule has 2 rings (SSSR count). The molecule has 0 amide bonds. The second-order valence-corrected chi connectivity index (χ2v) is 6.68. The summed E-state index contributed by atoms with van der Waals surface area (Å²) in [5.74, 6) is 0. The van der Waals surface area contributed by atoms with Crippen molar-refractivity contribution >= 4 is 50.2 Å². The average molecular weight is 323 g/mol. The van der Waals surface area contributed by atoms with E-state index in [1.54, 1.807) is 22.7 Å². The van der Waals surface area contributed by atoms with Gasteiger partial charge >= 0.3 is 0 Å². The zero-order valence-corrected chi connectivity index (χ0v) is 11.9. The molecular weight excluding hydrogens is 314 g/mol. The van der Waals surface area contributed by atoms with E-state index in [-0.39, 0.29) is 6.04 Å². The van der Waals surface area contributed by atoms with Crippen LogP contribution in [0.4, 0.5) is 0 Å². The SMILES string of the molecule is CNC(c1csc(Br)c1)c1sccc1Cl. The Morgan fingerprint density at radius 1 is 1.47 bits per heavy atom. The molecule has 2 heterocycles. The summed E-state index contributed by atoms with van der Waals surface area (Å²) in [4.78, 5) is 1.17. The van der Waals surface area contributed by atoms with Crippen molar-refractivity contribution in [1.82, 2.24) is 5.32 Å². The predicted molar refractivity (Wildman–Crippen MR) is 72.3 cm³/mol. The Balaban J connectivity index is 2.36. The van der Waals surface area contributed by atoms with E-state index in [2.05, 4.69) is 32.7 Å². The normalized spacial score (nSPS) is 13.0. The number of rotatable bonds is 3. The van der Waals surface area contributed by atoms with E-state index in [0.29, 0.717) is 0 Å². The molecule has 1 unspecified atom stereocenters. The summed E-state index contributed by atoms with van der Waals surface area (Å²) < 4.78 is 1.14. The molecule has 0 radical (unpaired) electrons. The summed E-state index contributed by atoms with van der Waals surface area (Å²) in [7, 11) is 1.95. The Kier molecular flexibility index (Phi) is 3.85. The fourth-order valence-electron chi connectivity index (χ4n) is 1.44. The van der Waals surface area contributed by atoms with E-state index in [1.165, 1.54) is 10.4 Å². The van der Waals surface area contributed by atoms with Gasteiger partial charge in [0.05, 0.1) is 14.9 Å². The lowest BCUT2D eigenvalue weighted by molar-refractivity contribution is 0.706. The molecular formula is C10H9BrClNS2. The largest absolute Gasteiger partial charge is 0.309 e. The number of hydrogen-bond acceptors (Lipinski definition) is 3. The van der Waals surface area contributed by atoms with Gasteiger partial charge in [-0.3, -0.25) is 0 Å². The van der Waals surface area contributed by atoms with Crippen molar-refractivity contribution in [3.8, 4) is 0 Å². The zero-order valence-electron chi connectivity index (χ0n) is 7.96. The van der Waals surface area contributed by atoms with Gasteiger partial charge in [-0.1, -0.05) is 11.6 Å². The van der Waals surface area contributed by atoms with Crippen LogP contribution in [0.3, 0.4) is 0 Å². The molecule has 0 spiro atoms. The van der Waals surface area contributed by atoms with Crippen LogP contribution >= 0.6 is 50.2 Å². The van der Waals surface area contributed by atoms with Crippen LogP contribution in [-0.2, 0) is 0 Å². The zero-order chi connectivity index (χ0) is 10.8. The molecule has 0 aromatic carbocycles. The predicted octanol–water partition coefficient (Wildman–Crippen LogP) is 4.53. The molecule has 0 saturated carbocycles. The molecule has 5 heteroatoms. The Labute approximate surface area is 110 Å². The minimum Gasteiger partial charge on any atom is -0.309 e. The summed E-state index contributed by atoms with van der Waals surface area (Å²) >= 11 is 13.0. The van der Waals surface area contributed by atoms with Gasteiger partial charge in [-0.25, -0.2) is 0 Å². The van der Waals surface area contributed by atoms with Crippen molar-refractivity contribution in [2.75, 3.05) is 7.05 Å². The summed E-state index contributed by atoms with van der Waals surface area (Å²) in [5.41, 5.74) is 1.25. The first-order valence-corrected chi connectivity index (χ1v) is 7.29. The number of halogens is 2. The van der Waals surface area contributed by atoms with Crippen LogP contribution in [0.25, 0.3) is 0 Å². The van der Waals surface area contributed by atoms with Crippen LogP contribution in [0.5, 0.6) is 0 Å². The van der Waals surface area contributed by atoms with Gasteiger partial charge in [0, 0.05) is 4.88 Å². The highest BCUT2D eigenvalue weighted by Gasteiger charge is 2.17. The first-order chi connectivity index (χ1) is 7.22. The molecule has 80 valence electrons. The molecule has 0 bridgehead atoms. The summed E-state index contributed by atoms with van der Waals surface area (Å²) in [6.07, 6.45) is 0. The van der Waals surface area contributed by atoms with Crippen LogP contribution in [-0.4, -0.2) is 7.05 Å². The Morgan fingerprint density at radius 2 is 2.27 bits per heavy atom. The van der Waals surface area contributed by atoms with Crippen LogP contribution in [0.15, 0.2) is 26.7 Å². The second-order valence-electron chi connectivity index (χ2n) is 3.04. The van der Waals surface area contributed by atoms with E-state index < -0.39 is 0 Å². The van der Waals surface area contributed by atoms with Crippen LogP contribution in [0.1, 0.15) is 16.5 Å². The molecule has 0 aliphatic heterocycles. The monoisotopic (exact) mass is 321 g/mol. The van der Waals surface area contributed by atoms with Crippen molar-refractivity contribution < 1.29 is 0 Å². The number of nitrogens with one attached hydrogen (secondary N) is 1. The number of hydrogen-bond donors (Lipinski definition) is 1. The third-order valence-electron chi connectivity index (χ3n) is 2.12. The quantitative estimate of drug-likeness (QED) is 0.875. The van der Waals surface area contributed by atoms with Gasteiger partial charge in [-0.2, -0.15) is 0 Å². The van der Waals surface area contributed by atoms with E-state index in [4.69, 9.17) is 11.6 Å². The van der Waals surface area contributed by atoms with Crippen molar-refractivity contribution in [3.63, 3.8) is 0 Å². The second kappa shape index (κ2) is 4.97. The van der Waals surface area contributed by atoms with E-state index >= 15 is 0 Å². The van der Waals surface area contributed by atoms with Crippen LogP contribution < -0.4 is 5.32 Å². The minimum absolute atomic E-state index is 0.194. The van der Waals surface area contributed by atoms with Crippen molar-refractivity contribution in [3.05, 3.63) is 42.1 Å². The van der Waals surface area contributed by atoms with Crippen LogP contribution in [0, 0.1) is 0 Å². The Hall–Kier alpha value is 0.130. The molecule has 1 atom stereocenters. The molecule has 2 aromatic rings. The van der Waals surface area contributed by atoms with Crippen LogP contribution in [0.2, 0.25) is 5.02 Å². The van der Waals surface area contributed by atoms with Gasteiger partial charge < -0.3 is 5.32 Å². The third-order valence-corrected chi connectivity index (χ3v) is 5.06. The highest BCUT2D eigenvalue weighted by atomic mass is 79.9. The minimum atomic E-state index is 0.194. The molecule has 0 saturated heterocycles. The standard InChI is InChI=1S/C10H9BrClNS2/c1-13-9(6-4-8(11)15-5-6)10-7(12)2-3-14-10/h2-5,9,13H,1H3. The third kappa shape index (κ3) is 2.45. The molecule has 1 N–H and O–H groups in total. The van der Waals surface area contributed by atoms with E-state index in [1.807, 2.05) is 18.5 Å². The molecule has 0 fully saturated rings. The fraction of sp³-hybridized carbons (Fsp3) is 0.200. The van der Waals surface area contributed by atoms with Crippen molar-refractivity contribution in [2.24, 2.45) is 0 Å².